The average molecular weight is 284 g/mol. The number of hydrogen-bond donors (Lipinski definition) is 0. The van der Waals surface area contributed by atoms with Gasteiger partial charge in [0, 0.05) is 12.5 Å². The Bertz CT molecular complexity index is 656. The maximum atomic E-state index is 11.9. The van der Waals surface area contributed by atoms with Crippen LogP contribution < -0.4 is 9.47 Å². The molecule has 106 valence electrons. The first kappa shape index (κ1) is 14.5. The molecule has 0 atom stereocenters. The third-order valence-electron chi connectivity index (χ3n) is 2.58. The van der Waals surface area contributed by atoms with Crippen molar-refractivity contribution in [2.45, 2.75) is 6.92 Å². The zero-order valence-corrected chi connectivity index (χ0v) is 11.2. The summed E-state index contributed by atoms with van der Waals surface area (Å²) in [5, 5.41) is 0. The highest BCUT2D eigenvalue weighted by molar-refractivity contribution is 5.91. The fraction of sp³-hybridized carbons (Fsp3) is 0.0625. The minimum absolute atomic E-state index is 0.324. The van der Waals surface area contributed by atoms with Gasteiger partial charge in [-0.25, -0.2) is 4.79 Å². The van der Waals surface area contributed by atoms with E-state index >= 15 is 0 Å². The summed E-state index contributed by atoms with van der Waals surface area (Å²) in [7, 11) is 0. The molecule has 2 rings (SSSR count). The summed E-state index contributed by atoms with van der Waals surface area (Å²) < 4.78 is 10.0. The third kappa shape index (κ3) is 4.01. The van der Waals surface area contributed by atoms with Gasteiger partial charge in [-0.05, 0) is 48.5 Å². The molecule has 0 aromatic heterocycles. The van der Waals surface area contributed by atoms with Crippen molar-refractivity contribution in [1.29, 1.82) is 0 Å². The van der Waals surface area contributed by atoms with Gasteiger partial charge in [-0.3, -0.25) is 9.59 Å². The van der Waals surface area contributed by atoms with Crippen molar-refractivity contribution < 1.29 is 23.9 Å². The van der Waals surface area contributed by atoms with Crippen LogP contribution in [0.2, 0.25) is 0 Å². The summed E-state index contributed by atoms with van der Waals surface area (Å²) in [5.74, 6) is -0.270. The molecule has 0 unspecified atom stereocenters. The predicted octanol–water partition coefficient (Wildman–Crippen LogP) is 2.64. The van der Waals surface area contributed by atoms with Gasteiger partial charge in [-0.2, -0.15) is 0 Å². The van der Waals surface area contributed by atoms with Gasteiger partial charge in [0.25, 0.3) is 0 Å². The Morgan fingerprint density at radius 2 is 1.38 bits per heavy atom. The second kappa shape index (κ2) is 6.47. The molecule has 0 saturated heterocycles. The highest BCUT2D eigenvalue weighted by atomic mass is 16.5. The van der Waals surface area contributed by atoms with Crippen LogP contribution in [0.1, 0.15) is 27.6 Å². The van der Waals surface area contributed by atoms with E-state index in [1.807, 2.05) is 0 Å². The predicted molar refractivity (Wildman–Crippen MR) is 74.5 cm³/mol. The van der Waals surface area contributed by atoms with Gasteiger partial charge >= 0.3 is 11.9 Å². The standard InChI is InChI=1S/C16H12O5/c1-11(18)20-14-8-4-13(5-9-14)16(19)21-15-6-2-12(10-17)3-7-15/h2-10H,1H3. The Morgan fingerprint density at radius 3 is 1.90 bits per heavy atom. The normalized spacial score (nSPS) is 9.76. The molecule has 0 radical (unpaired) electrons. The lowest BCUT2D eigenvalue weighted by Crippen LogP contribution is -2.08. The number of ether oxygens (including phenoxy) is 2. The Labute approximate surface area is 121 Å². The lowest BCUT2D eigenvalue weighted by molar-refractivity contribution is -0.131. The zero-order chi connectivity index (χ0) is 15.2. The van der Waals surface area contributed by atoms with Gasteiger partial charge in [-0.1, -0.05) is 0 Å². The zero-order valence-electron chi connectivity index (χ0n) is 11.2. The summed E-state index contributed by atoms with van der Waals surface area (Å²) in [6.45, 7) is 1.30. The van der Waals surface area contributed by atoms with Crippen molar-refractivity contribution in [3.05, 3.63) is 59.7 Å². The largest absolute Gasteiger partial charge is 0.427 e. The topological polar surface area (TPSA) is 69.7 Å². The average Bonchev–Trinajstić information content (AvgIpc) is 2.48. The third-order valence-corrected chi connectivity index (χ3v) is 2.58. The molecule has 0 amide bonds. The van der Waals surface area contributed by atoms with Crippen LogP contribution in [0.25, 0.3) is 0 Å². The molecule has 5 heteroatoms. The van der Waals surface area contributed by atoms with Crippen molar-refractivity contribution >= 4 is 18.2 Å². The van der Waals surface area contributed by atoms with E-state index in [2.05, 4.69) is 0 Å². The first-order valence-corrected chi connectivity index (χ1v) is 6.14. The molecule has 0 heterocycles. The van der Waals surface area contributed by atoms with E-state index < -0.39 is 11.9 Å². The number of benzene rings is 2. The molecule has 21 heavy (non-hydrogen) atoms. The van der Waals surface area contributed by atoms with Crippen molar-refractivity contribution in [3.8, 4) is 11.5 Å². The van der Waals surface area contributed by atoms with E-state index in [4.69, 9.17) is 9.47 Å². The Hall–Kier alpha value is -2.95. The molecular formula is C16H12O5. The number of rotatable bonds is 4. The van der Waals surface area contributed by atoms with Crippen molar-refractivity contribution in [2.75, 3.05) is 0 Å². The van der Waals surface area contributed by atoms with E-state index in [1.54, 1.807) is 12.1 Å². The molecule has 0 saturated carbocycles. The van der Waals surface area contributed by atoms with Gasteiger partial charge in [0.1, 0.15) is 17.8 Å². The summed E-state index contributed by atoms with van der Waals surface area (Å²) in [4.78, 5) is 33.2. The molecule has 2 aromatic carbocycles. The smallest absolute Gasteiger partial charge is 0.343 e. The first-order chi connectivity index (χ1) is 10.1. The van der Waals surface area contributed by atoms with Gasteiger partial charge < -0.3 is 9.47 Å². The minimum Gasteiger partial charge on any atom is -0.427 e. The Morgan fingerprint density at radius 1 is 0.857 bits per heavy atom. The van der Waals surface area contributed by atoms with Crippen LogP contribution in [-0.2, 0) is 4.79 Å². The van der Waals surface area contributed by atoms with E-state index in [0.717, 1.165) is 0 Å². The SMILES string of the molecule is CC(=O)Oc1ccc(C(=O)Oc2ccc(C=O)cc2)cc1. The van der Waals surface area contributed by atoms with Crippen LogP contribution in [0.3, 0.4) is 0 Å². The quantitative estimate of drug-likeness (QED) is 0.490. The van der Waals surface area contributed by atoms with E-state index in [9.17, 15) is 14.4 Å². The molecule has 0 aliphatic heterocycles. The molecule has 0 N–H and O–H groups in total. The number of carbonyl (C=O) groups excluding carboxylic acids is 3. The molecule has 0 bridgehead atoms. The maximum Gasteiger partial charge on any atom is 0.343 e. The van der Waals surface area contributed by atoms with Crippen LogP contribution in [-0.4, -0.2) is 18.2 Å². The molecule has 0 spiro atoms. The van der Waals surface area contributed by atoms with Crippen LogP contribution >= 0.6 is 0 Å². The number of aldehydes is 1. The molecule has 0 fully saturated rings. The van der Waals surface area contributed by atoms with Gasteiger partial charge in [-0.15, -0.1) is 0 Å². The van der Waals surface area contributed by atoms with Gasteiger partial charge in [0.05, 0.1) is 5.56 Å². The van der Waals surface area contributed by atoms with Crippen LogP contribution in [0.15, 0.2) is 48.5 Å². The highest BCUT2D eigenvalue weighted by Gasteiger charge is 2.09. The summed E-state index contributed by atoms with van der Waals surface area (Å²) >= 11 is 0. The summed E-state index contributed by atoms with van der Waals surface area (Å²) in [6.07, 6.45) is 0.708. The molecule has 2 aromatic rings. The van der Waals surface area contributed by atoms with Crippen molar-refractivity contribution in [2.24, 2.45) is 0 Å². The van der Waals surface area contributed by atoms with Crippen LogP contribution in [0.5, 0.6) is 11.5 Å². The second-order valence-electron chi connectivity index (χ2n) is 4.19. The second-order valence-corrected chi connectivity index (χ2v) is 4.19. The maximum absolute atomic E-state index is 11.9. The Kier molecular flexibility index (Phi) is 4.46. The van der Waals surface area contributed by atoms with E-state index in [1.165, 1.54) is 43.3 Å². The fourth-order valence-corrected chi connectivity index (χ4v) is 1.61. The molecule has 0 aliphatic rings. The summed E-state index contributed by atoms with van der Waals surface area (Å²) in [6, 6.07) is 12.2. The van der Waals surface area contributed by atoms with Gasteiger partial charge in [0.15, 0.2) is 0 Å². The molecular weight excluding hydrogens is 272 g/mol. The van der Waals surface area contributed by atoms with Gasteiger partial charge in [0.2, 0.25) is 0 Å². The molecule has 0 aliphatic carbocycles. The highest BCUT2D eigenvalue weighted by Crippen LogP contribution is 2.16. The van der Waals surface area contributed by atoms with Crippen molar-refractivity contribution in [1.82, 2.24) is 0 Å². The van der Waals surface area contributed by atoms with Crippen LogP contribution in [0, 0.1) is 0 Å². The van der Waals surface area contributed by atoms with Crippen LogP contribution in [0.4, 0.5) is 0 Å². The number of esters is 2. The Balaban J connectivity index is 2.05. The molecule has 5 nitrogen and oxygen atoms in total. The number of carbonyl (C=O) groups is 3. The lowest BCUT2D eigenvalue weighted by Gasteiger charge is -2.05. The number of hydrogen-bond acceptors (Lipinski definition) is 5. The van der Waals surface area contributed by atoms with E-state index in [0.29, 0.717) is 28.9 Å². The summed E-state index contributed by atoms with van der Waals surface area (Å²) in [5.41, 5.74) is 0.825. The van der Waals surface area contributed by atoms with Crippen molar-refractivity contribution in [3.63, 3.8) is 0 Å². The fourth-order valence-electron chi connectivity index (χ4n) is 1.61. The lowest BCUT2D eigenvalue weighted by atomic mass is 10.2. The minimum atomic E-state index is -0.539. The van der Waals surface area contributed by atoms with E-state index in [-0.39, 0.29) is 0 Å². The first-order valence-electron chi connectivity index (χ1n) is 6.14. The monoisotopic (exact) mass is 284 g/mol.